The summed E-state index contributed by atoms with van der Waals surface area (Å²) in [6.07, 6.45) is 6.70. The van der Waals surface area contributed by atoms with Gasteiger partial charge in [-0.2, -0.15) is 5.10 Å². The van der Waals surface area contributed by atoms with Gasteiger partial charge < -0.3 is 15.0 Å². The standard InChI is InChI=1S/C20H22FN5O/c21-15-4-5-18-16(11-15)17-3-1-8-25(17)19-6-9-26-20(24-19)14(13-23-26)12-22-7-2-10-27-18/h4-6,9,11,13,17,22H,1-3,7-8,10,12H2. The molecule has 1 saturated heterocycles. The molecule has 3 aromatic rings. The number of hydrogen-bond acceptors (Lipinski definition) is 5. The van der Waals surface area contributed by atoms with Crippen molar-refractivity contribution in [3.8, 4) is 5.75 Å². The molecular weight excluding hydrogens is 345 g/mol. The zero-order chi connectivity index (χ0) is 18.2. The summed E-state index contributed by atoms with van der Waals surface area (Å²) in [5.41, 5.74) is 2.86. The van der Waals surface area contributed by atoms with Crippen molar-refractivity contribution in [1.29, 1.82) is 0 Å². The summed E-state index contributed by atoms with van der Waals surface area (Å²) in [7, 11) is 0. The lowest BCUT2D eigenvalue weighted by molar-refractivity contribution is 0.302. The maximum absolute atomic E-state index is 14.0. The van der Waals surface area contributed by atoms with Gasteiger partial charge in [0.15, 0.2) is 5.65 Å². The smallest absolute Gasteiger partial charge is 0.161 e. The highest BCUT2D eigenvalue weighted by Gasteiger charge is 2.30. The van der Waals surface area contributed by atoms with E-state index in [1.54, 1.807) is 12.1 Å². The number of benzene rings is 1. The molecule has 0 saturated carbocycles. The van der Waals surface area contributed by atoms with Crippen LogP contribution in [-0.2, 0) is 6.54 Å². The van der Waals surface area contributed by atoms with Crippen molar-refractivity contribution in [1.82, 2.24) is 19.9 Å². The Morgan fingerprint density at radius 2 is 2.19 bits per heavy atom. The Kier molecular flexibility index (Phi) is 4.16. The second kappa shape index (κ2) is 6.81. The van der Waals surface area contributed by atoms with Gasteiger partial charge in [-0.05, 0) is 50.1 Å². The van der Waals surface area contributed by atoms with E-state index in [1.807, 2.05) is 23.0 Å². The average Bonchev–Trinajstić information content (AvgIpc) is 3.31. The molecule has 1 atom stereocenters. The van der Waals surface area contributed by atoms with Crippen molar-refractivity contribution in [2.75, 3.05) is 24.6 Å². The molecule has 0 amide bonds. The SMILES string of the molecule is Fc1ccc2c(c1)C1CCCN1c1ccn3ncc(c3n1)CNCCCO2. The van der Waals surface area contributed by atoms with E-state index in [2.05, 4.69) is 15.3 Å². The summed E-state index contributed by atoms with van der Waals surface area (Å²) in [4.78, 5) is 7.16. The lowest BCUT2D eigenvalue weighted by Gasteiger charge is -2.28. The minimum atomic E-state index is -0.228. The topological polar surface area (TPSA) is 54.7 Å². The number of ether oxygens (including phenoxy) is 1. The van der Waals surface area contributed by atoms with Crippen LogP contribution in [0.5, 0.6) is 5.75 Å². The van der Waals surface area contributed by atoms with Crippen LogP contribution < -0.4 is 15.0 Å². The van der Waals surface area contributed by atoms with Gasteiger partial charge in [0.2, 0.25) is 0 Å². The zero-order valence-corrected chi connectivity index (χ0v) is 15.1. The van der Waals surface area contributed by atoms with Crippen molar-refractivity contribution in [3.05, 3.63) is 53.6 Å². The van der Waals surface area contributed by atoms with E-state index in [0.717, 1.165) is 67.2 Å². The van der Waals surface area contributed by atoms with Gasteiger partial charge in [0.25, 0.3) is 0 Å². The molecular formula is C20H22FN5O. The fourth-order valence-electron chi connectivity index (χ4n) is 4.07. The maximum Gasteiger partial charge on any atom is 0.161 e. The highest BCUT2D eigenvalue weighted by molar-refractivity contribution is 5.55. The second-order valence-corrected chi connectivity index (χ2v) is 7.14. The molecule has 2 aromatic heterocycles. The van der Waals surface area contributed by atoms with Crippen molar-refractivity contribution in [3.63, 3.8) is 0 Å². The van der Waals surface area contributed by atoms with Gasteiger partial charge in [0.05, 0.1) is 18.8 Å². The fourth-order valence-corrected chi connectivity index (χ4v) is 4.07. The highest BCUT2D eigenvalue weighted by atomic mass is 19.1. The minimum absolute atomic E-state index is 0.0677. The molecule has 0 radical (unpaired) electrons. The molecule has 1 fully saturated rings. The summed E-state index contributed by atoms with van der Waals surface area (Å²) in [5, 5.41) is 7.83. The lowest BCUT2D eigenvalue weighted by Crippen LogP contribution is -2.25. The molecule has 7 heteroatoms. The van der Waals surface area contributed by atoms with Crippen molar-refractivity contribution in [2.24, 2.45) is 0 Å². The predicted molar refractivity (Wildman–Crippen MR) is 101 cm³/mol. The summed E-state index contributed by atoms with van der Waals surface area (Å²) in [6, 6.07) is 6.90. The summed E-state index contributed by atoms with van der Waals surface area (Å²) in [6.45, 7) is 3.06. The Labute approximate surface area is 157 Å². The van der Waals surface area contributed by atoms with E-state index < -0.39 is 0 Å². The first kappa shape index (κ1) is 16.5. The monoisotopic (exact) mass is 367 g/mol. The number of nitrogens with zero attached hydrogens (tertiary/aromatic N) is 4. The average molecular weight is 367 g/mol. The normalized spacial score (nSPS) is 20.2. The van der Waals surface area contributed by atoms with Gasteiger partial charge in [0, 0.05) is 30.4 Å². The lowest BCUT2D eigenvalue weighted by atomic mass is 10.0. The van der Waals surface area contributed by atoms with E-state index in [-0.39, 0.29) is 11.9 Å². The van der Waals surface area contributed by atoms with Crippen LogP contribution in [0.25, 0.3) is 5.65 Å². The Morgan fingerprint density at radius 3 is 3.15 bits per heavy atom. The van der Waals surface area contributed by atoms with Crippen LogP contribution in [0.3, 0.4) is 0 Å². The minimum Gasteiger partial charge on any atom is -0.493 e. The van der Waals surface area contributed by atoms with Gasteiger partial charge in [-0.25, -0.2) is 13.9 Å². The third-order valence-electron chi connectivity index (χ3n) is 5.38. The van der Waals surface area contributed by atoms with Crippen LogP contribution in [0.2, 0.25) is 0 Å². The number of fused-ring (bicyclic) bond motifs is 5. The highest BCUT2D eigenvalue weighted by Crippen LogP contribution is 2.40. The number of halogens is 1. The molecule has 2 aliphatic rings. The first-order valence-corrected chi connectivity index (χ1v) is 9.52. The number of rotatable bonds is 0. The molecule has 140 valence electrons. The number of hydrogen-bond donors (Lipinski definition) is 1. The molecule has 1 N–H and O–H groups in total. The van der Waals surface area contributed by atoms with E-state index in [4.69, 9.17) is 9.72 Å². The molecule has 2 bridgehead atoms. The van der Waals surface area contributed by atoms with Gasteiger partial charge in [-0.15, -0.1) is 0 Å². The van der Waals surface area contributed by atoms with Crippen molar-refractivity contribution >= 4 is 11.5 Å². The quantitative estimate of drug-likeness (QED) is 0.662. The van der Waals surface area contributed by atoms with E-state index in [1.165, 1.54) is 6.07 Å². The number of nitrogens with one attached hydrogen (secondary N) is 1. The van der Waals surface area contributed by atoms with Crippen LogP contribution in [-0.4, -0.2) is 34.3 Å². The molecule has 0 aliphatic carbocycles. The van der Waals surface area contributed by atoms with E-state index >= 15 is 0 Å². The number of anilines is 1. The molecule has 5 rings (SSSR count). The van der Waals surface area contributed by atoms with Crippen LogP contribution in [0, 0.1) is 5.82 Å². The Hall–Kier alpha value is -2.67. The van der Waals surface area contributed by atoms with Crippen LogP contribution in [0.15, 0.2) is 36.7 Å². The maximum atomic E-state index is 14.0. The molecule has 1 aromatic carbocycles. The molecule has 2 aliphatic heterocycles. The largest absolute Gasteiger partial charge is 0.493 e. The van der Waals surface area contributed by atoms with Crippen LogP contribution in [0.4, 0.5) is 10.2 Å². The van der Waals surface area contributed by atoms with Gasteiger partial charge in [-0.3, -0.25) is 0 Å². The van der Waals surface area contributed by atoms with Crippen molar-refractivity contribution in [2.45, 2.75) is 31.8 Å². The molecule has 6 nitrogen and oxygen atoms in total. The van der Waals surface area contributed by atoms with Gasteiger partial charge >= 0.3 is 0 Å². The predicted octanol–water partition coefficient (Wildman–Crippen LogP) is 3.08. The Morgan fingerprint density at radius 1 is 1.22 bits per heavy atom. The first-order valence-electron chi connectivity index (χ1n) is 9.52. The Balaban J connectivity index is 1.62. The molecule has 4 heterocycles. The Bertz CT molecular complexity index is 972. The van der Waals surface area contributed by atoms with E-state index in [0.29, 0.717) is 6.61 Å². The molecule has 1 unspecified atom stereocenters. The van der Waals surface area contributed by atoms with Crippen molar-refractivity contribution < 1.29 is 9.13 Å². The molecule has 0 spiro atoms. The molecule has 27 heavy (non-hydrogen) atoms. The van der Waals surface area contributed by atoms with Crippen LogP contribution >= 0.6 is 0 Å². The summed E-state index contributed by atoms with van der Waals surface area (Å²) >= 11 is 0. The summed E-state index contributed by atoms with van der Waals surface area (Å²) in [5.74, 6) is 1.45. The number of aromatic nitrogens is 3. The first-order chi connectivity index (χ1) is 13.3. The summed E-state index contributed by atoms with van der Waals surface area (Å²) < 4.78 is 21.9. The van der Waals surface area contributed by atoms with E-state index in [9.17, 15) is 4.39 Å². The zero-order valence-electron chi connectivity index (χ0n) is 15.1. The fraction of sp³-hybridized carbons (Fsp3) is 0.400. The third kappa shape index (κ3) is 3.02. The van der Waals surface area contributed by atoms with Gasteiger partial charge in [-0.1, -0.05) is 0 Å². The van der Waals surface area contributed by atoms with Gasteiger partial charge in [0.1, 0.15) is 17.4 Å². The second-order valence-electron chi connectivity index (χ2n) is 7.14. The van der Waals surface area contributed by atoms with Crippen LogP contribution in [0.1, 0.15) is 36.4 Å². The third-order valence-corrected chi connectivity index (χ3v) is 5.38.